The van der Waals surface area contributed by atoms with E-state index in [1.165, 1.54) is 12.1 Å². The molecule has 1 heterocycles. The molecule has 2 N–H and O–H groups in total. The molecule has 0 saturated carbocycles. The van der Waals surface area contributed by atoms with Gasteiger partial charge in [0.15, 0.2) is 0 Å². The molecule has 3 rings (SSSR count). The van der Waals surface area contributed by atoms with E-state index in [0.29, 0.717) is 23.8 Å². The van der Waals surface area contributed by atoms with Crippen molar-refractivity contribution in [1.82, 2.24) is 10.3 Å². The zero-order valence-electron chi connectivity index (χ0n) is 18.9. The van der Waals surface area contributed by atoms with E-state index in [4.69, 9.17) is 0 Å². The number of rotatable bonds is 8. The highest BCUT2D eigenvalue weighted by atomic mass is 19.4. The summed E-state index contributed by atoms with van der Waals surface area (Å²) in [4.78, 5) is 16.3. The Balaban J connectivity index is 1.77. The second-order valence-corrected chi connectivity index (χ2v) is 8.32. The Hall–Kier alpha value is -3.35. The van der Waals surface area contributed by atoms with E-state index in [1.807, 2.05) is 31.2 Å². The van der Waals surface area contributed by atoms with Gasteiger partial charge in [-0.1, -0.05) is 50.2 Å². The summed E-state index contributed by atoms with van der Waals surface area (Å²) in [6.07, 6.45) is -1.93. The Morgan fingerprint density at radius 2 is 1.55 bits per heavy atom. The number of nitrogens with one attached hydrogen (secondary N) is 2. The maximum Gasteiger partial charge on any atom is 0.416 e. The predicted octanol–water partition coefficient (Wildman–Crippen LogP) is 6.72. The van der Waals surface area contributed by atoms with Crippen molar-refractivity contribution in [3.8, 4) is 11.1 Å². The Morgan fingerprint density at radius 1 is 0.939 bits per heavy atom. The number of amides is 1. The van der Waals surface area contributed by atoms with Crippen LogP contribution < -0.4 is 10.6 Å². The second kappa shape index (κ2) is 10.5. The van der Waals surface area contributed by atoms with E-state index in [9.17, 15) is 18.0 Å². The van der Waals surface area contributed by atoms with Gasteiger partial charge in [-0.15, -0.1) is 0 Å². The quantitative estimate of drug-likeness (QED) is 0.397. The predicted molar refractivity (Wildman–Crippen MR) is 125 cm³/mol. The SMILES string of the molecule is CCNC(=O)c1ccc(NC(CC(C)C)c2ccc(-c3ccc(C(F)(F)F)cc3)cc2)nc1. The van der Waals surface area contributed by atoms with Gasteiger partial charge in [-0.25, -0.2) is 4.98 Å². The first kappa shape index (κ1) is 24.3. The molecule has 7 heteroatoms. The Morgan fingerprint density at radius 3 is 2.03 bits per heavy atom. The van der Waals surface area contributed by atoms with E-state index >= 15 is 0 Å². The number of hydrogen-bond acceptors (Lipinski definition) is 3. The van der Waals surface area contributed by atoms with Crippen LogP contribution in [0.25, 0.3) is 11.1 Å². The van der Waals surface area contributed by atoms with Crippen molar-refractivity contribution in [1.29, 1.82) is 0 Å². The van der Waals surface area contributed by atoms with Crippen molar-refractivity contribution < 1.29 is 18.0 Å². The summed E-state index contributed by atoms with van der Waals surface area (Å²) < 4.78 is 38.4. The molecule has 0 saturated heterocycles. The van der Waals surface area contributed by atoms with Crippen molar-refractivity contribution >= 4 is 11.7 Å². The molecule has 33 heavy (non-hydrogen) atoms. The minimum atomic E-state index is -4.34. The van der Waals surface area contributed by atoms with E-state index in [0.717, 1.165) is 35.2 Å². The molecule has 0 spiro atoms. The third-order valence-electron chi connectivity index (χ3n) is 5.25. The number of hydrogen-bond donors (Lipinski definition) is 2. The fourth-order valence-electron chi connectivity index (χ4n) is 3.56. The van der Waals surface area contributed by atoms with Crippen LogP contribution in [-0.4, -0.2) is 17.4 Å². The molecular weight excluding hydrogens is 427 g/mol. The number of aromatic nitrogens is 1. The lowest BCUT2D eigenvalue weighted by molar-refractivity contribution is -0.137. The van der Waals surface area contributed by atoms with Gasteiger partial charge in [0.1, 0.15) is 5.82 Å². The molecule has 1 atom stereocenters. The van der Waals surface area contributed by atoms with Gasteiger partial charge in [-0.2, -0.15) is 13.2 Å². The van der Waals surface area contributed by atoms with Crippen molar-refractivity contribution in [2.24, 2.45) is 5.92 Å². The molecule has 0 fully saturated rings. The second-order valence-electron chi connectivity index (χ2n) is 8.32. The van der Waals surface area contributed by atoms with Gasteiger partial charge >= 0.3 is 6.18 Å². The van der Waals surface area contributed by atoms with Gasteiger partial charge in [-0.3, -0.25) is 4.79 Å². The van der Waals surface area contributed by atoms with Gasteiger partial charge in [0.2, 0.25) is 0 Å². The molecule has 3 aromatic rings. The number of benzene rings is 2. The first-order valence-corrected chi connectivity index (χ1v) is 11.0. The van der Waals surface area contributed by atoms with Crippen LogP contribution in [0.1, 0.15) is 54.7 Å². The van der Waals surface area contributed by atoms with Crippen molar-refractivity contribution in [3.05, 3.63) is 83.6 Å². The Bertz CT molecular complexity index is 1040. The molecule has 4 nitrogen and oxygen atoms in total. The minimum Gasteiger partial charge on any atom is -0.363 e. The van der Waals surface area contributed by atoms with Crippen LogP contribution in [0, 0.1) is 5.92 Å². The number of alkyl halides is 3. The lowest BCUT2D eigenvalue weighted by Crippen LogP contribution is -2.22. The highest BCUT2D eigenvalue weighted by molar-refractivity contribution is 5.94. The van der Waals surface area contributed by atoms with Crippen LogP contribution in [0.4, 0.5) is 19.0 Å². The number of anilines is 1. The lowest BCUT2D eigenvalue weighted by atomic mass is 9.94. The Kier molecular flexibility index (Phi) is 7.74. The largest absolute Gasteiger partial charge is 0.416 e. The van der Waals surface area contributed by atoms with Gasteiger partial charge in [-0.05, 0) is 60.2 Å². The van der Waals surface area contributed by atoms with Crippen LogP contribution in [0.3, 0.4) is 0 Å². The van der Waals surface area contributed by atoms with Gasteiger partial charge in [0.25, 0.3) is 5.91 Å². The highest BCUT2D eigenvalue weighted by Gasteiger charge is 2.30. The number of halogens is 3. The van der Waals surface area contributed by atoms with Crippen LogP contribution in [-0.2, 0) is 6.18 Å². The van der Waals surface area contributed by atoms with E-state index in [-0.39, 0.29) is 11.9 Å². The topological polar surface area (TPSA) is 54.0 Å². The molecule has 0 aliphatic rings. The first-order chi connectivity index (χ1) is 15.7. The summed E-state index contributed by atoms with van der Waals surface area (Å²) in [5.41, 5.74) is 2.47. The van der Waals surface area contributed by atoms with Crippen LogP contribution >= 0.6 is 0 Å². The molecular formula is C26H28F3N3O. The number of carbonyl (C=O) groups excluding carboxylic acids is 1. The molecule has 1 unspecified atom stereocenters. The average Bonchev–Trinajstić information content (AvgIpc) is 2.79. The lowest BCUT2D eigenvalue weighted by Gasteiger charge is -2.22. The molecule has 2 aromatic carbocycles. The van der Waals surface area contributed by atoms with Gasteiger partial charge < -0.3 is 10.6 Å². The van der Waals surface area contributed by atoms with E-state index < -0.39 is 11.7 Å². The van der Waals surface area contributed by atoms with Crippen molar-refractivity contribution in [2.75, 3.05) is 11.9 Å². The van der Waals surface area contributed by atoms with E-state index in [2.05, 4.69) is 29.5 Å². The summed E-state index contributed by atoms with van der Waals surface area (Å²) in [5, 5.41) is 6.19. The number of pyridine rings is 1. The summed E-state index contributed by atoms with van der Waals surface area (Å²) in [5.74, 6) is 0.932. The standard InChI is InChI=1S/C26H28F3N3O/c1-4-30-25(33)21-11-14-24(31-16-21)32-23(15-17(2)3)20-7-5-18(6-8-20)19-9-12-22(13-10-19)26(27,28)29/h5-14,16-17,23H,4,15H2,1-3H3,(H,30,33)(H,31,32). The summed E-state index contributed by atoms with van der Waals surface area (Å²) in [7, 11) is 0. The van der Waals surface area contributed by atoms with Crippen LogP contribution in [0.15, 0.2) is 66.9 Å². The monoisotopic (exact) mass is 455 g/mol. The highest BCUT2D eigenvalue weighted by Crippen LogP contribution is 2.32. The molecule has 0 radical (unpaired) electrons. The Labute approximate surface area is 192 Å². The fraction of sp³-hybridized carbons (Fsp3) is 0.308. The van der Waals surface area contributed by atoms with Gasteiger partial charge in [0, 0.05) is 12.7 Å². The maximum atomic E-state index is 12.8. The summed E-state index contributed by atoms with van der Waals surface area (Å²) >= 11 is 0. The van der Waals surface area contributed by atoms with E-state index in [1.54, 1.807) is 18.3 Å². The average molecular weight is 456 g/mol. The van der Waals surface area contributed by atoms with Crippen molar-refractivity contribution in [2.45, 2.75) is 39.4 Å². The minimum absolute atomic E-state index is 0.00512. The molecule has 1 aromatic heterocycles. The summed E-state index contributed by atoms with van der Waals surface area (Å²) in [6, 6.07) is 16.5. The third-order valence-corrected chi connectivity index (χ3v) is 5.25. The molecule has 174 valence electrons. The van der Waals surface area contributed by atoms with Crippen LogP contribution in [0.5, 0.6) is 0 Å². The smallest absolute Gasteiger partial charge is 0.363 e. The third kappa shape index (κ3) is 6.57. The first-order valence-electron chi connectivity index (χ1n) is 11.0. The molecule has 0 bridgehead atoms. The molecule has 0 aliphatic carbocycles. The molecule has 1 amide bonds. The summed E-state index contributed by atoms with van der Waals surface area (Å²) in [6.45, 7) is 6.69. The maximum absolute atomic E-state index is 12.8. The van der Waals surface area contributed by atoms with Gasteiger partial charge in [0.05, 0.1) is 17.2 Å². The number of nitrogens with zero attached hydrogens (tertiary/aromatic N) is 1. The zero-order chi connectivity index (χ0) is 24.0. The number of carbonyl (C=O) groups is 1. The van der Waals surface area contributed by atoms with Crippen molar-refractivity contribution in [3.63, 3.8) is 0 Å². The zero-order valence-corrected chi connectivity index (χ0v) is 18.9. The normalized spacial score (nSPS) is 12.5. The van der Waals surface area contributed by atoms with Crippen LogP contribution in [0.2, 0.25) is 0 Å². The molecule has 0 aliphatic heterocycles. The fourth-order valence-corrected chi connectivity index (χ4v) is 3.56.